The molecule has 2 rings (SSSR count). The Bertz CT molecular complexity index is 492. The van der Waals surface area contributed by atoms with Gasteiger partial charge in [-0.15, -0.1) is 0 Å². The van der Waals surface area contributed by atoms with Crippen LogP contribution in [0.4, 0.5) is 0 Å². The topological polar surface area (TPSA) is 41.1 Å². The van der Waals surface area contributed by atoms with E-state index in [0.717, 1.165) is 13.1 Å². The molecular weight excluding hydrogens is 272 g/mol. The summed E-state index contributed by atoms with van der Waals surface area (Å²) in [5.41, 5.74) is 2.90. The van der Waals surface area contributed by atoms with Gasteiger partial charge in [0, 0.05) is 24.4 Å². The lowest BCUT2D eigenvalue weighted by molar-refractivity contribution is -0.124. The Kier molecular flexibility index (Phi) is 6.01. The third-order valence-electron chi connectivity index (χ3n) is 5.09. The lowest BCUT2D eigenvalue weighted by Gasteiger charge is -2.39. The van der Waals surface area contributed by atoms with Gasteiger partial charge in [0.15, 0.2) is 0 Å². The Hall–Kier alpha value is -1.35. The molecule has 0 spiro atoms. The fourth-order valence-corrected chi connectivity index (χ4v) is 3.77. The molecule has 1 aliphatic carbocycles. The van der Waals surface area contributed by atoms with Crippen LogP contribution in [-0.2, 0) is 10.2 Å². The smallest absolute Gasteiger partial charge is 0.224 e. The molecule has 1 aromatic rings. The van der Waals surface area contributed by atoms with E-state index in [1.54, 1.807) is 0 Å². The standard InChI is InChI=1S/C19H30N2O/c1-15-9-5-6-10-17(15)19(11-7-4-8-12-19)14-21-18(22)16(2)13-20-3/h5-6,9-10,16,20H,4,7-8,11-14H2,1-3H3,(H,21,22). The third kappa shape index (κ3) is 3.89. The van der Waals surface area contributed by atoms with Gasteiger partial charge in [0.2, 0.25) is 5.91 Å². The van der Waals surface area contributed by atoms with E-state index in [4.69, 9.17) is 0 Å². The molecule has 1 aromatic carbocycles. The van der Waals surface area contributed by atoms with Crippen LogP contribution < -0.4 is 10.6 Å². The maximum absolute atomic E-state index is 12.3. The summed E-state index contributed by atoms with van der Waals surface area (Å²) in [5.74, 6) is 0.176. The number of amides is 1. The van der Waals surface area contributed by atoms with Gasteiger partial charge in [-0.3, -0.25) is 4.79 Å². The second-order valence-electron chi connectivity index (χ2n) is 6.83. The number of hydrogen-bond acceptors (Lipinski definition) is 2. The van der Waals surface area contributed by atoms with E-state index < -0.39 is 0 Å². The minimum atomic E-state index is 0.0162. The zero-order chi connectivity index (χ0) is 16.0. The van der Waals surface area contributed by atoms with E-state index in [0.29, 0.717) is 0 Å². The predicted molar refractivity (Wildman–Crippen MR) is 92.0 cm³/mol. The molecule has 0 radical (unpaired) electrons. The van der Waals surface area contributed by atoms with Crippen LogP contribution in [0.1, 0.15) is 50.2 Å². The van der Waals surface area contributed by atoms with E-state index in [1.807, 2.05) is 14.0 Å². The highest BCUT2D eigenvalue weighted by molar-refractivity contribution is 5.78. The molecule has 1 unspecified atom stereocenters. The second kappa shape index (κ2) is 7.77. The number of benzene rings is 1. The van der Waals surface area contributed by atoms with Gasteiger partial charge in [-0.25, -0.2) is 0 Å². The number of nitrogens with one attached hydrogen (secondary N) is 2. The van der Waals surface area contributed by atoms with Gasteiger partial charge in [-0.2, -0.15) is 0 Å². The molecule has 0 aromatic heterocycles. The van der Waals surface area contributed by atoms with E-state index in [9.17, 15) is 4.79 Å². The Balaban J connectivity index is 2.13. The fourth-order valence-electron chi connectivity index (χ4n) is 3.77. The van der Waals surface area contributed by atoms with Crippen molar-refractivity contribution in [1.82, 2.24) is 10.6 Å². The molecule has 2 N–H and O–H groups in total. The van der Waals surface area contributed by atoms with Crippen LogP contribution in [0.25, 0.3) is 0 Å². The van der Waals surface area contributed by atoms with E-state index in [1.165, 1.54) is 43.2 Å². The number of carbonyl (C=O) groups excluding carboxylic acids is 1. The highest BCUT2D eigenvalue weighted by atomic mass is 16.1. The molecule has 22 heavy (non-hydrogen) atoms. The first-order chi connectivity index (χ1) is 10.6. The van der Waals surface area contributed by atoms with Gasteiger partial charge in [0.1, 0.15) is 0 Å². The Morgan fingerprint density at radius 2 is 1.91 bits per heavy atom. The van der Waals surface area contributed by atoms with Crippen LogP contribution in [0.2, 0.25) is 0 Å². The van der Waals surface area contributed by atoms with Crippen LogP contribution in [0, 0.1) is 12.8 Å². The molecule has 3 nitrogen and oxygen atoms in total. The lowest BCUT2D eigenvalue weighted by atomic mass is 9.68. The van der Waals surface area contributed by atoms with Crippen molar-refractivity contribution in [2.45, 2.75) is 51.4 Å². The molecular formula is C19H30N2O. The van der Waals surface area contributed by atoms with Gasteiger partial charge >= 0.3 is 0 Å². The maximum Gasteiger partial charge on any atom is 0.224 e. The molecule has 0 aliphatic heterocycles. The number of carbonyl (C=O) groups is 1. The zero-order valence-electron chi connectivity index (χ0n) is 14.2. The van der Waals surface area contributed by atoms with Crippen LogP contribution in [-0.4, -0.2) is 26.0 Å². The van der Waals surface area contributed by atoms with Crippen molar-refractivity contribution in [3.8, 4) is 0 Å². The summed E-state index contributed by atoms with van der Waals surface area (Å²) >= 11 is 0. The van der Waals surface area contributed by atoms with Crippen LogP contribution >= 0.6 is 0 Å². The molecule has 1 amide bonds. The SMILES string of the molecule is CNCC(C)C(=O)NCC1(c2ccccc2C)CCCCC1. The van der Waals surface area contributed by atoms with Crippen molar-refractivity contribution >= 4 is 5.91 Å². The highest BCUT2D eigenvalue weighted by Gasteiger charge is 2.35. The van der Waals surface area contributed by atoms with Crippen molar-refractivity contribution in [1.29, 1.82) is 0 Å². The summed E-state index contributed by atoms with van der Waals surface area (Å²) in [6, 6.07) is 8.67. The summed E-state index contributed by atoms with van der Waals surface area (Å²) < 4.78 is 0. The molecule has 3 heteroatoms. The van der Waals surface area contributed by atoms with Crippen molar-refractivity contribution in [2.24, 2.45) is 5.92 Å². The fraction of sp³-hybridized carbons (Fsp3) is 0.632. The largest absolute Gasteiger partial charge is 0.355 e. The first-order valence-corrected chi connectivity index (χ1v) is 8.57. The third-order valence-corrected chi connectivity index (χ3v) is 5.09. The summed E-state index contributed by atoms with van der Waals surface area (Å²) in [6.45, 7) is 5.66. The minimum absolute atomic E-state index is 0.0162. The molecule has 1 aliphatic rings. The first kappa shape index (κ1) is 17.0. The van der Waals surface area contributed by atoms with Crippen LogP contribution in [0.15, 0.2) is 24.3 Å². The average molecular weight is 302 g/mol. The zero-order valence-corrected chi connectivity index (χ0v) is 14.2. The summed E-state index contributed by atoms with van der Waals surface area (Å²) in [4.78, 5) is 12.3. The van der Waals surface area contributed by atoms with Crippen molar-refractivity contribution in [2.75, 3.05) is 20.1 Å². The van der Waals surface area contributed by atoms with E-state index >= 15 is 0 Å². The van der Waals surface area contributed by atoms with Crippen LogP contribution in [0.5, 0.6) is 0 Å². The van der Waals surface area contributed by atoms with Gasteiger partial charge < -0.3 is 10.6 Å². The molecule has 0 heterocycles. The van der Waals surface area contributed by atoms with Crippen molar-refractivity contribution in [3.63, 3.8) is 0 Å². The Labute approximate surface area is 134 Å². The number of rotatable bonds is 6. The van der Waals surface area contributed by atoms with E-state index in [2.05, 4.69) is 41.8 Å². The average Bonchev–Trinajstić information content (AvgIpc) is 2.54. The Morgan fingerprint density at radius 3 is 2.55 bits per heavy atom. The molecule has 1 fully saturated rings. The quantitative estimate of drug-likeness (QED) is 0.847. The number of aryl methyl sites for hydroxylation is 1. The second-order valence-corrected chi connectivity index (χ2v) is 6.83. The van der Waals surface area contributed by atoms with Gasteiger partial charge in [-0.1, -0.05) is 50.5 Å². The summed E-state index contributed by atoms with van der Waals surface area (Å²) in [5, 5.41) is 6.30. The predicted octanol–water partition coefficient (Wildman–Crippen LogP) is 3.17. The molecule has 0 saturated heterocycles. The van der Waals surface area contributed by atoms with Gasteiger partial charge in [-0.05, 0) is 37.9 Å². The summed E-state index contributed by atoms with van der Waals surface area (Å²) in [6.07, 6.45) is 6.20. The first-order valence-electron chi connectivity index (χ1n) is 8.57. The molecule has 1 atom stereocenters. The summed E-state index contributed by atoms with van der Waals surface area (Å²) in [7, 11) is 1.89. The van der Waals surface area contributed by atoms with Gasteiger partial charge in [0.05, 0.1) is 0 Å². The maximum atomic E-state index is 12.3. The molecule has 1 saturated carbocycles. The van der Waals surface area contributed by atoms with Crippen molar-refractivity contribution in [3.05, 3.63) is 35.4 Å². The Morgan fingerprint density at radius 1 is 1.23 bits per heavy atom. The van der Waals surface area contributed by atoms with Crippen LogP contribution in [0.3, 0.4) is 0 Å². The van der Waals surface area contributed by atoms with Gasteiger partial charge in [0.25, 0.3) is 0 Å². The van der Waals surface area contributed by atoms with Crippen molar-refractivity contribution < 1.29 is 4.79 Å². The van der Waals surface area contributed by atoms with E-state index in [-0.39, 0.29) is 17.2 Å². The molecule has 122 valence electrons. The minimum Gasteiger partial charge on any atom is -0.355 e. The normalized spacial score (nSPS) is 18.7. The monoisotopic (exact) mass is 302 g/mol. The number of hydrogen-bond donors (Lipinski definition) is 2. The lowest BCUT2D eigenvalue weighted by Crippen LogP contribution is -2.45. The highest BCUT2D eigenvalue weighted by Crippen LogP contribution is 2.40. The molecule has 0 bridgehead atoms.